The smallest absolute Gasteiger partial charge is 0.340 e. The molecule has 2 nitrogen and oxygen atoms in total. The number of hydrogen-bond donors (Lipinski definition) is 0. The van der Waals surface area contributed by atoms with Crippen molar-refractivity contribution in [1.82, 2.24) is 0 Å². The van der Waals surface area contributed by atoms with Crippen molar-refractivity contribution in [2.45, 2.75) is 64.0 Å². The SMILES string of the molecule is CC(C)CCC1OC(C(F)(F)F)CC(C(F)(F)F)O1. The summed E-state index contributed by atoms with van der Waals surface area (Å²) in [6.45, 7) is 3.62. The molecule has 2 atom stereocenters. The topological polar surface area (TPSA) is 18.5 Å². The van der Waals surface area contributed by atoms with Gasteiger partial charge in [-0.15, -0.1) is 0 Å². The molecule has 0 radical (unpaired) electrons. The number of alkyl halides is 6. The lowest BCUT2D eigenvalue weighted by atomic mass is 10.1. The van der Waals surface area contributed by atoms with E-state index in [1.807, 2.05) is 13.8 Å². The summed E-state index contributed by atoms with van der Waals surface area (Å²) < 4.78 is 84.3. The molecule has 114 valence electrons. The summed E-state index contributed by atoms with van der Waals surface area (Å²) in [5.41, 5.74) is 0. The summed E-state index contributed by atoms with van der Waals surface area (Å²) in [5.74, 6) is 0.141. The van der Waals surface area contributed by atoms with Crippen LogP contribution < -0.4 is 0 Å². The van der Waals surface area contributed by atoms with Crippen LogP contribution in [0, 0.1) is 5.92 Å². The Labute approximate surface area is 107 Å². The van der Waals surface area contributed by atoms with Gasteiger partial charge >= 0.3 is 12.4 Å². The van der Waals surface area contributed by atoms with Crippen LogP contribution in [0.25, 0.3) is 0 Å². The first kappa shape index (κ1) is 16.6. The molecule has 0 aromatic carbocycles. The van der Waals surface area contributed by atoms with Gasteiger partial charge in [0.15, 0.2) is 18.5 Å². The van der Waals surface area contributed by atoms with Crippen molar-refractivity contribution in [2.75, 3.05) is 0 Å². The Morgan fingerprint density at radius 3 is 1.68 bits per heavy atom. The van der Waals surface area contributed by atoms with Crippen LogP contribution in [0.4, 0.5) is 26.3 Å². The Balaban J connectivity index is 2.72. The van der Waals surface area contributed by atoms with Gasteiger partial charge in [-0.25, -0.2) is 0 Å². The van der Waals surface area contributed by atoms with Gasteiger partial charge in [0.2, 0.25) is 0 Å². The summed E-state index contributed by atoms with van der Waals surface area (Å²) in [4.78, 5) is 0. The zero-order chi connectivity index (χ0) is 14.8. The van der Waals surface area contributed by atoms with Crippen LogP contribution in [0.2, 0.25) is 0 Å². The molecular weight excluding hydrogens is 278 g/mol. The van der Waals surface area contributed by atoms with Crippen LogP contribution in [0.15, 0.2) is 0 Å². The second kappa shape index (κ2) is 5.87. The van der Waals surface area contributed by atoms with E-state index >= 15 is 0 Å². The van der Waals surface area contributed by atoms with E-state index in [0.29, 0.717) is 6.42 Å². The zero-order valence-electron chi connectivity index (χ0n) is 10.5. The van der Waals surface area contributed by atoms with Gasteiger partial charge in [-0.3, -0.25) is 0 Å². The van der Waals surface area contributed by atoms with Gasteiger partial charge < -0.3 is 9.47 Å². The molecule has 1 aliphatic heterocycles. The van der Waals surface area contributed by atoms with E-state index in [9.17, 15) is 26.3 Å². The molecule has 1 fully saturated rings. The van der Waals surface area contributed by atoms with Gasteiger partial charge in [-0.05, 0) is 18.8 Å². The van der Waals surface area contributed by atoms with Crippen LogP contribution in [-0.4, -0.2) is 30.9 Å². The molecule has 2 unspecified atom stereocenters. The number of hydrogen-bond acceptors (Lipinski definition) is 2. The van der Waals surface area contributed by atoms with Crippen molar-refractivity contribution in [3.63, 3.8) is 0 Å². The normalized spacial score (nSPS) is 29.8. The second-order valence-electron chi connectivity index (χ2n) is 4.97. The predicted molar refractivity (Wildman–Crippen MR) is 54.3 cm³/mol. The van der Waals surface area contributed by atoms with Crippen LogP contribution in [0.5, 0.6) is 0 Å². The van der Waals surface area contributed by atoms with Crippen molar-refractivity contribution in [3.05, 3.63) is 0 Å². The molecule has 0 bridgehead atoms. The minimum Gasteiger partial charge on any atom is -0.340 e. The zero-order valence-corrected chi connectivity index (χ0v) is 10.5. The van der Waals surface area contributed by atoms with Gasteiger partial charge in [-0.2, -0.15) is 26.3 Å². The molecule has 0 amide bonds. The van der Waals surface area contributed by atoms with Crippen LogP contribution in [0.1, 0.15) is 33.1 Å². The fraction of sp³-hybridized carbons (Fsp3) is 1.00. The van der Waals surface area contributed by atoms with E-state index in [1.54, 1.807) is 0 Å². The maximum absolute atomic E-state index is 12.5. The molecule has 0 spiro atoms. The van der Waals surface area contributed by atoms with E-state index < -0.39 is 37.3 Å². The van der Waals surface area contributed by atoms with Crippen LogP contribution in [0.3, 0.4) is 0 Å². The number of rotatable bonds is 3. The Morgan fingerprint density at radius 2 is 1.37 bits per heavy atom. The van der Waals surface area contributed by atoms with Crippen molar-refractivity contribution in [3.8, 4) is 0 Å². The van der Waals surface area contributed by atoms with E-state index in [1.165, 1.54) is 0 Å². The second-order valence-corrected chi connectivity index (χ2v) is 4.97. The molecule has 1 saturated heterocycles. The highest BCUT2D eigenvalue weighted by Crippen LogP contribution is 2.38. The Hall–Kier alpha value is -0.500. The largest absolute Gasteiger partial charge is 0.414 e. The van der Waals surface area contributed by atoms with E-state index in [2.05, 4.69) is 9.47 Å². The van der Waals surface area contributed by atoms with Crippen molar-refractivity contribution in [1.29, 1.82) is 0 Å². The maximum atomic E-state index is 12.5. The fourth-order valence-corrected chi connectivity index (χ4v) is 1.73. The highest BCUT2D eigenvalue weighted by Gasteiger charge is 2.53. The van der Waals surface area contributed by atoms with Gasteiger partial charge in [0.05, 0.1) is 0 Å². The summed E-state index contributed by atoms with van der Waals surface area (Å²) in [6, 6.07) is 0. The van der Waals surface area contributed by atoms with Gasteiger partial charge in [-0.1, -0.05) is 13.8 Å². The number of halogens is 6. The highest BCUT2D eigenvalue weighted by molar-refractivity contribution is 4.82. The molecule has 0 aromatic heterocycles. The first-order valence-corrected chi connectivity index (χ1v) is 5.94. The van der Waals surface area contributed by atoms with Crippen LogP contribution >= 0.6 is 0 Å². The molecule has 0 aliphatic carbocycles. The number of ether oxygens (including phenoxy) is 2. The van der Waals surface area contributed by atoms with E-state index in [0.717, 1.165) is 0 Å². The van der Waals surface area contributed by atoms with Crippen molar-refractivity contribution in [2.24, 2.45) is 5.92 Å². The Bertz CT molecular complexity index is 264. The lowest BCUT2D eigenvalue weighted by Crippen LogP contribution is -2.50. The lowest BCUT2D eigenvalue weighted by Gasteiger charge is -2.37. The third-order valence-corrected chi connectivity index (χ3v) is 2.77. The predicted octanol–water partition coefficient (Wildman–Crippen LogP) is 4.05. The van der Waals surface area contributed by atoms with E-state index in [4.69, 9.17) is 0 Å². The third kappa shape index (κ3) is 5.18. The minimum atomic E-state index is -4.82. The summed E-state index contributed by atoms with van der Waals surface area (Å²) in [7, 11) is 0. The van der Waals surface area contributed by atoms with E-state index in [-0.39, 0.29) is 12.3 Å². The Morgan fingerprint density at radius 1 is 0.947 bits per heavy atom. The molecule has 8 heteroatoms. The summed E-state index contributed by atoms with van der Waals surface area (Å²) >= 11 is 0. The molecule has 19 heavy (non-hydrogen) atoms. The maximum Gasteiger partial charge on any atom is 0.414 e. The third-order valence-electron chi connectivity index (χ3n) is 2.77. The first-order chi connectivity index (χ1) is 8.50. The summed E-state index contributed by atoms with van der Waals surface area (Å²) in [5, 5.41) is 0. The Kier molecular flexibility index (Phi) is 5.11. The average Bonchev–Trinajstić information content (AvgIpc) is 2.23. The first-order valence-electron chi connectivity index (χ1n) is 5.94. The molecule has 0 N–H and O–H groups in total. The molecule has 0 aromatic rings. The van der Waals surface area contributed by atoms with Gasteiger partial charge in [0.1, 0.15) is 0 Å². The molecule has 1 rings (SSSR count). The fourth-order valence-electron chi connectivity index (χ4n) is 1.73. The molecular formula is C11H16F6O2. The molecule has 1 aliphatic rings. The minimum absolute atomic E-state index is 0.0107. The van der Waals surface area contributed by atoms with Gasteiger partial charge in [0.25, 0.3) is 0 Å². The standard InChI is InChI=1S/C11H16F6O2/c1-6(2)3-4-9-18-7(10(12,13)14)5-8(19-9)11(15,16)17/h6-9H,3-5H2,1-2H3. The summed E-state index contributed by atoms with van der Waals surface area (Å²) in [6.07, 6.45) is -16.8. The quantitative estimate of drug-likeness (QED) is 0.731. The van der Waals surface area contributed by atoms with Gasteiger partial charge in [0, 0.05) is 6.42 Å². The highest BCUT2D eigenvalue weighted by atomic mass is 19.4. The molecule has 1 heterocycles. The van der Waals surface area contributed by atoms with Crippen molar-refractivity contribution >= 4 is 0 Å². The van der Waals surface area contributed by atoms with Crippen LogP contribution in [-0.2, 0) is 9.47 Å². The van der Waals surface area contributed by atoms with Crippen molar-refractivity contribution < 1.29 is 35.8 Å². The monoisotopic (exact) mass is 294 g/mol. The lowest BCUT2D eigenvalue weighted by molar-refractivity contribution is -0.357. The average molecular weight is 294 g/mol. The molecule has 0 saturated carbocycles.